The largest absolute Gasteiger partial charge is 0.379 e. The van der Waals surface area contributed by atoms with E-state index in [1.165, 1.54) is 11.3 Å². The molecule has 2 rings (SSSR count). The molecule has 2 aliphatic rings. The SMILES string of the molecule is CC1(C)C=CC/C=C2/NCC(=S)NC/C2=C/1. The Labute approximate surface area is 102 Å². The van der Waals surface area contributed by atoms with Crippen LogP contribution in [0.25, 0.3) is 0 Å². The Morgan fingerprint density at radius 2 is 2.06 bits per heavy atom. The Hall–Kier alpha value is -1.09. The fourth-order valence-corrected chi connectivity index (χ4v) is 2.17. The molecule has 1 saturated heterocycles. The molecule has 0 unspecified atom stereocenters. The minimum Gasteiger partial charge on any atom is -0.379 e. The zero-order valence-electron chi connectivity index (χ0n) is 9.84. The smallest absolute Gasteiger partial charge is 0.0950 e. The van der Waals surface area contributed by atoms with Gasteiger partial charge < -0.3 is 10.6 Å². The van der Waals surface area contributed by atoms with Gasteiger partial charge in [0.15, 0.2) is 0 Å². The first-order chi connectivity index (χ1) is 7.57. The van der Waals surface area contributed by atoms with Gasteiger partial charge in [-0.15, -0.1) is 0 Å². The molecule has 0 radical (unpaired) electrons. The third-order valence-electron chi connectivity index (χ3n) is 2.81. The Balaban J connectivity index is 2.35. The summed E-state index contributed by atoms with van der Waals surface area (Å²) in [6.07, 6.45) is 10.0. The molecule has 1 aliphatic carbocycles. The maximum atomic E-state index is 5.20. The maximum absolute atomic E-state index is 5.20. The van der Waals surface area contributed by atoms with Crippen LogP contribution in [0.5, 0.6) is 0 Å². The first-order valence-corrected chi connectivity index (χ1v) is 6.08. The second-order valence-electron chi connectivity index (χ2n) is 4.88. The molecular formula is C13H18N2S. The summed E-state index contributed by atoms with van der Waals surface area (Å²) >= 11 is 5.20. The zero-order chi connectivity index (χ0) is 11.6. The average Bonchev–Trinajstić information content (AvgIpc) is 2.35. The molecule has 0 spiro atoms. The van der Waals surface area contributed by atoms with Crippen molar-refractivity contribution in [3.63, 3.8) is 0 Å². The fraction of sp³-hybridized carbons (Fsp3) is 0.462. The van der Waals surface area contributed by atoms with Crippen LogP contribution in [0.2, 0.25) is 0 Å². The summed E-state index contributed by atoms with van der Waals surface area (Å²) in [7, 11) is 0. The molecule has 0 atom stereocenters. The van der Waals surface area contributed by atoms with Crippen LogP contribution in [0.4, 0.5) is 0 Å². The number of hydrogen-bond donors (Lipinski definition) is 2. The summed E-state index contributed by atoms with van der Waals surface area (Å²) in [5, 5.41) is 6.66. The van der Waals surface area contributed by atoms with Gasteiger partial charge in [-0.2, -0.15) is 0 Å². The molecule has 2 nitrogen and oxygen atoms in total. The highest BCUT2D eigenvalue weighted by Crippen LogP contribution is 2.26. The van der Waals surface area contributed by atoms with Crippen LogP contribution in [-0.2, 0) is 0 Å². The van der Waals surface area contributed by atoms with Crippen LogP contribution < -0.4 is 10.6 Å². The first-order valence-electron chi connectivity index (χ1n) is 5.67. The molecule has 0 amide bonds. The molecule has 1 aliphatic heterocycles. The van der Waals surface area contributed by atoms with E-state index in [1.54, 1.807) is 0 Å². The Kier molecular flexibility index (Phi) is 3.15. The fourth-order valence-electron chi connectivity index (χ4n) is 2.03. The van der Waals surface area contributed by atoms with E-state index in [0.29, 0.717) is 0 Å². The van der Waals surface area contributed by atoms with Crippen LogP contribution in [0.1, 0.15) is 20.3 Å². The first kappa shape index (κ1) is 11.4. The van der Waals surface area contributed by atoms with Crippen LogP contribution in [-0.4, -0.2) is 18.1 Å². The van der Waals surface area contributed by atoms with Gasteiger partial charge in [0.25, 0.3) is 0 Å². The van der Waals surface area contributed by atoms with Gasteiger partial charge in [-0.3, -0.25) is 0 Å². The highest BCUT2D eigenvalue weighted by Gasteiger charge is 2.18. The van der Waals surface area contributed by atoms with E-state index < -0.39 is 0 Å². The van der Waals surface area contributed by atoms with Crippen molar-refractivity contribution in [2.24, 2.45) is 5.41 Å². The van der Waals surface area contributed by atoms with Gasteiger partial charge >= 0.3 is 0 Å². The second-order valence-corrected chi connectivity index (χ2v) is 5.37. The highest BCUT2D eigenvalue weighted by molar-refractivity contribution is 7.80. The number of nitrogens with one attached hydrogen (secondary N) is 2. The van der Waals surface area contributed by atoms with Crippen LogP contribution >= 0.6 is 12.2 Å². The van der Waals surface area contributed by atoms with Gasteiger partial charge in [-0.1, -0.05) is 50.4 Å². The molecule has 2 N–H and O–H groups in total. The molecule has 1 heterocycles. The van der Waals surface area contributed by atoms with E-state index in [9.17, 15) is 0 Å². The van der Waals surface area contributed by atoms with E-state index in [-0.39, 0.29) is 5.41 Å². The topological polar surface area (TPSA) is 24.1 Å². The molecule has 0 bridgehead atoms. The van der Waals surface area contributed by atoms with E-state index in [2.05, 4.69) is 48.8 Å². The third kappa shape index (κ3) is 2.73. The number of rotatable bonds is 0. The van der Waals surface area contributed by atoms with E-state index in [4.69, 9.17) is 12.2 Å². The summed E-state index contributed by atoms with van der Waals surface area (Å²) in [4.78, 5) is 0.888. The second kappa shape index (κ2) is 4.42. The number of fused-ring (bicyclic) bond motifs is 1. The van der Waals surface area contributed by atoms with Crippen molar-refractivity contribution in [3.8, 4) is 0 Å². The molecular weight excluding hydrogens is 216 g/mol. The number of allylic oxidation sites excluding steroid dienone is 4. The van der Waals surface area contributed by atoms with Crippen molar-refractivity contribution in [1.29, 1.82) is 0 Å². The third-order valence-corrected chi connectivity index (χ3v) is 3.10. The molecule has 86 valence electrons. The van der Waals surface area contributed by atoms with Gasteiger partial charge in [0.2, 0.25) is 0 Å². The maximum Gasteiger partial charge on any atom is 0.0950 e. The van der Waals surface area contributed by atoms with E-state index >= 15 is 0 Å². The van der Waals surface area contributed by atoms with Gasteiger partial charge in [-0.05, 0) is 12.0 Å². The molecule has 16 heavy (non-hydrogen) atoms. The lowest BCUT2D eigenvalue weighted by Gasteiger charge is -2.21. The normalized spacial score (nSPS) is 30.2. The van der Waals surface area contributed by atoms with E-state index in [0.717, 1.165) is 24.5 Å². The van der Waals surface area contributed by atoms with Crippen LogP contribution in [0.3, 0.4) is 0 Å². The van der Waals surface area contributed by atoms with Crippen molar-refractivity contribution >= 4 is 17.2 Å². The Morgan fingerprint density at radius 1 is 1.25 bits per heavy atom. The molecule has 0 aromatic heterocycles. The molecule has 0 aromatic carbocycles. The highest BCUT2D eigenvalue weighted by atomic mass is 32.1. The average molecular weight is 234 g/mol. The lowest BCUT2D eigenvalue weighted by atomic mass is 9.87. The van der Waals surface area contributed by atoms with Gasteiger partial charge in [0, 0.05) is 17.7 Å². The standard InChI is InChI=1S/C13H18N2S/c1-13(2)6-4-3-5-11-10(7-13)8-15-12(16)9-14-11/h4-7,14H,3,8-9H2,1-2H3,(H,15,16)/b6-4?,10-7-,11-5+. The Morgan fingerprint density at radius 3 is 2.88 bits per heavy atom. The quantitative estimate of drug-likeness (QED) is 0.497. The molecule has 1 fully saturated rings. The number of thiocarbonyl (C=S) groups is 1. The zero-order valence-corrected chi connectivity index (χ0v) is 10.7. The summed E-state index contributed by atoms with van der Waals surface area (Å²) in [6, 6.07) is 0. The van der Waals surface area contributed by atoms with Crippen molar-refractivity contribution in [2.75, 3.05) is 13.1 Å². The summed E-state index contributed by atoms with van der Waals surface area (Å²) in [6.45, 7) is 6.02. The summed E-state index contributed by atoms with van der Waals surface area (Å²) in [5.74, 6) is 0. The van der Waals surface area contributed by atoms with Crippen molar-refractivity contribution < 1.29 is 0 Å². The monoisotopic (exact) mass is 234 g/mol. The summed E-state index contributed by atoms with van der Waals surface area (Å²) in [5.41, 5.74) is 2.66. The molecule has 0 aromatic rings. The molecule has 0 saturated carbocycles. The molecule has 3 heteroatoms. The van der Waals surface area contributed by atoms with Crippen molar-refractivity contribution in [2.45, 2.75) is 20.3 Å². The number of hydrogen-bond acceptors (Lipinski definition) is 2. The van der Waals surface area contributed by atoms with Crippen molar-refractivity contribution in [3.05, 3.63) is 35.6 Å². The van der Waals surface area contributed by atoms with Gasteiger partial charge in [-0.25, -0.2) is 0 Å². The minimum absolute atomic E-state index is 0.115. The van der Waals surface area contributed by atoms with Gasteiger partial charge in [0.05, 0.1) is 11.5 Å². The minimum atomic E-state index is 0.115. The predicted octanol–water partition coefficient (Wildman–Crippen LogP) is 2.30. The summed E-state index contributed by atoms with van der Waals surface area (Å²) < 4.78 is 0. The predicted molar refractivity (Wildman–Crippen MR) is 72.3 cm³/mol. The van der Waals surface area contributed by atoms with Crippen molar-refractivity contribution in [1.82, 2.24) is 10.6 Å². The van der Waals surface area contributed by atoms with Crippen LogP contribution in [0, 0.1) is 5.41 Å². The Bertz CT molecular complexity index is 389. The lowest BCUT2D eigenvalue weighted by molar-refractivity contribution is 0.614. The lowest BCUT2D eigenvalue weighted by Crippen LogP contribution is -2.27. The van der Waals surface area contributed by atoms with Gasteiger partial charge in [0.1, 0.15) is 0 Å². The van der Waals surface area contributed by atoms with Crippen LogP contribution in [0.15, 0.2) is 35.6 Å². The van der Waals surface area contributed by atoms with E-state index in [1.807, 2.05) is 0 Å².